The van der Waals surface area contributed by atoms with Crippen molar-refractivity contribution in [3.8, 4) is 28.3 Å². The van der Waals surface area contributed by atoms with Gasteiger partial charge in [0, 0.05) is 73.3 Å². The number of para-hydroxylation sites is 2. The van der Waals surface area contributed by atoms with E-state index in [1.165, 1.54) is 72.9 Å². The molecule has 8 aromatic carbocycles. The largest absolute Gasteiger partial charge is 0.309 e. The summed E-state index contributed by atoms with van der Waals surface area (Å²) in [6.45, 7) is 0. The lowest BCUT2D eigenvalue weighted by atomic mass is 10.0. The Labute approximate surface area is 311 Å². The van der Waals surface area contributed by atoms with Gasteiger partial charge in [-0.2, -0.15) is 0 Å². The SMILES string of the molecule is c1ccc2c(c1)ccc1c2c2ccccc2n1-c1cc(-c2nc(-c3cccc4c3sc3ccccc34)c3ccccc3n2)c2sc3ccccc3c2c1. The Balaban J connectivity index is 1.20. The Morgan fingerprint density at radius 1 is 0.415 bits per heavy atom. The lowest BCUT2D eigenvalue weighted by Crippen LogP contribution is -1.98. The summed E-state index contributed by atoms with van der Waals surface area (Å²) in [5, 5.41) is 11.1. The van der Waals surface area contributed by atoms with Crippen molar-refractivity contribution in [2.24, 2.45) is 0 Å². The Morgan fingerprint density at radius 2 is 1.06 bits per heavy atom. The van der Waals surface area contributed by atoms with Crippen LogP contribution >= 0.6 is 22.7 Å². The highest BCUT2D eigenvalue weighted by molar-refractivity contribution is 7.26. The summed E-state index contributed by atoms with van der Waals surface area (Å²) in [6.07, 6.45) is 0. The average Bonchev–Trinajstić information content (AvgIpc) is 3.90. The molecule has 5 heteroatoms. The summed E-state index contributed by atoms with van der Waals surface area (Å²) in [5.41, 5.74) is 7.55. The smallest absolute Gasteiger partial charge is 0.161 e. The van der Waals surface area contributed by atoms with Gasteiger partial charge in [0.15, 0.2) is 5.82 Å². The van der Waals surface area contributed by atoms with E-state index in [2.05, 4.69) is 168 Å². The van der Waals surface area contributed by atoms with Crippen LogP contribution in [0.4, 0.5) is 0 Å². The molecule has 12 rings (SSSR count). The Hall–Kier alpha value is -6.40. The standard InChI is InChI=1S/C48H27N3S2/c1-2-13-30-28(12-1)24-25-41-44(30)35-17-4-8-21-40(35)51(41)29-26-37-32-15-6-10-23-43(32)53-47(37)38(27-29)48-49-39-20-7-3-16-34(39)45(50-48)36-19-11-18-33-31-14-5-9-22-42(31)52-46(33)36/h1-27H. The van der Waals surface area contributed by atoms with Crippen molar-refractivity contribution < 1.29 is 0 Å². The van der Waals surface area contributed by atoms with Crippen LogP contribution in [0.3, 0.4) is 0 Å². The van der Waals surface area contributed by atoms with Crippen molar-refractivity contribution in [2.45, 2.75) is 0 Å². The molecular formula is C48H27N3S2. The van der Waals surface area contributed by atoms with Crippen LogP contribution in [-0.4, -0.2) is 14.5 Å². The molecule has 53 heavy (non-hydrogen) atoms. The molecule has 0 aliphatic rings. The van der Waals surface area contributed by atoms with Crippen molar-refractivity contribution in [1.29, 1.82) is 0 Å². The minimum Gasteiger partial charge on any atom is -0.309 e. The van der Waals surface area contributed by atoms with Crippen LogP contribution in [0.1, 0.15) is 0 Å². The van der Waals surface area contributed by atoms with Gasteiger partial charge in [-0.25, -0.2) is 9.97 Å². The van der Waals surface area contributed by atoms with Crippen LogP contribution in [0, 0.1) is 0 Å². The van der Waals surface area contributed by atoms with Crippen LogP contribution in [0.15, 0.2) is 164 Å². The minimum atomic E-state index is 0.737. The number of hydrogen-bond donors (Lipinski definition) is 0. The summed E-state index contributed by atoms with van der Waals surface area (Å²) in [7, 11) is 0. The molecule has 0 saturated heterocycles. The van der Waals surface area contributed by atoms with E-state index in [1.54, 1.807) is 0 Å². The van der Waals surface area contributed by atoms with Gasteiger partial charge in [0.25, 0.3) is 0 Å². The van der Waals surface area contributed by atoms with Gasteiger partial charge in [-0.15, -0.1) is 22.7 Å². The van der Waals surface area contributed by atoms with Crippen molar-refractivity contribution >= 4 is 106 Å². The number of fused-ring (bicyclic) bond motifs is 12. The van der Waals surface area contributed by atoms with Gasteiger partial charge in [0.05, 0.1) is 22.2 Å². The first-order valence-electron chi connectivity index (χ1n) is 17.8. The highest BCUT2D eigenvalue weighted by Crippen LogP contribution is 2.45. The lowest BCUT2D eigenvalue weighted by molar-refractivity contribution is 1.18. The number of benzene rings is 8. The Morgan fingerprint density at radius 3 is 1.89 bits per heavy atom. The second kappa shape index (κ2) is 11.1. The maximum absolute atomic E-state index is 5.56. The third-order valence-electron chi connectivity index (χ3n) is 10.8. The van der Waals surface area contributed by atoms with Crippen molar-refractivity contribution in [1.82, 2.24) is 14.5 Å². The van der Waals surface area contributed by atoms with Gasteiger partial charge in [0.2, 0.25) is 0 Å². The number of rotatable bonds is 3. The highest BCUT2D eigenvalue weighted by Gasteiger charge is 2.22. The van der Waals surface area contributed by atoms with E-state index in [0.717, 1.165) is 39.2 Å². The van der Waals surface area contributed by atoms with Gasteiger partial charge in [-0.3, -0.25) is 0 Å². The molecule has 0 saturated carbocycles. The second-order valence-electron chi connectivity index (χ2n) is 13.7. The van der Waals surface area contributed by atoms with Gasteiger partial charge in [-0.05, 0) is 53.2 Å². The topological polar surface area (TPSA) is 30.7 Å². The molecule has 3 nitrogen and oxygen atoms in total. The number of hydrogen-bond acceptors (Lipinski definition) is 4. The molecule has 12 aromatic rings. The van der Waals surface area contributed by atoms with E-state index in [1.807, 2.05) is 22.7 Å². The third-order valence-corrected chi connectivity index (χ3v) is 13.2. The van der Waals surface area contributed by atoms with Gasteiger partial charge in [-0.1, -0.05) is 121 Å². The van der Waals surface area contributed by atoms with Crippen molar-refractivity contribution in [3.63, 3.8) is 0 Å². The second-order valence-corrected chi connectivity index (χ2v) is 15.8. The van der Waals surface area contributed by atoms with Crippen LogP contribution in [0.2, 0.25) is 0 Å². The van der Waals surface area contributed by atoms with Gasteiger partial charge in [0.1, 0.15) is 0 Å². The number of nitrogens with zero attached hydrogens (tertiary/aromatic N) is 3. The molecule has 0 bridgehead atoms. The van der Waals surface area contributed by atoms with Crippen LogP contribution in [-0.2, 0) is 0 Å². The van der Waals surface area contributed by atoms with Gasteiger partial charge < -0.3 is 4.57 Å². The van der Waals surface area contributed by atoms with E-state index in [4.69, 9.17) is 9.97 Å². The molecule has 0 N–H and O–H groups in total. The Kier molecular flexibility index (Phi) is 6.09. The first kappa shape index (κ1) is 29.2. The zero-order chi connectivity index (χ0) is 34.6. The number of thiophene rings is 2. The fourth-order valence-corrected chi connectivity index (χ4v) is 10.9. The molecule has 246 valence electrons. The molecule has 0 unspecified atom stereocenters. The molecule has 4 heterocycles. The minimum absolute atomic E-state index is 0.737. The average molecular weight is 710 g/mol. The fraction of sp³-hybridized carbons (Fsp3) is 0. The molecule has 0 aliphatic carbocycles. The molecule has 4 aromatic heterocycles. The molecular weight excluding hydrogens is 683 g/mol. The quantitative estimate of drug-likeness (QED) is 0.183. The summed E-state index contributed by atoms with van der Waals surface area (Å²) in [5.74, 6) is 0.737. The highest BCUT2D eigenvalue weighted by atomic mass is 32.1. The van der Waals surface area contributed by atoms with Crippen molar-refractivity contribution in [2.75, 3.05) is 0 Å². The van der Waals surface area contributed by atoms with Crippen LogP contribution < -0.4 is 0 Å². The predicted octanol–water partition coefficient (Wildman–Crippen LogP) is 13.9. The summed E-state index contributed by atoms with van der Waals surface area (Å²) in [6, 6.07) is 59.3. The fourth-order valence-electron chi connectivity index (χ4n) is 8.46. The monoisotopic (exact) mass is 709 g/mol. The van der Waals surface area contributed by atoms with Crippen LogP contribution in [0.5, 0.6) is 0 Å². The third kappa shape index (κ3) is 4.20. The summed E-state index contributed by atoms with van der Waals surface area (Å²) >= 11 is 3.66. The van der Waals surface area contributed by atoms with Crippen LogP contribution in [0.25, 0.3) is 112 Å². The van der Waals surface area contributed by atoms with Crippen molar-refractivity contribution in [3.05, 3.63) is 164 Å². The molecule has 0 radical (unpaired) electrons. The Bertz CT molecular complexity index is 3480. The van der Waals surface area contributed by atoms with E-state index < -0.39 is 0 Å². The first-order valence-corrected chi connectivity index (χ1v) is 19.5. The maximum atomic E-state index is 5.56. The van der Waals surface area contributed by atoms with E-state index in [0.29, 0.717) is 0 Å². The number of aromatic nitrogens is 3. The zero-order valence-electron chi connectivity index (χ0n) is 28.2. The lowest BCUT2D eigenvalue weighted by Gasteiger charge is -2.14. The maximum Gasteiger partial charge on any atom is 0.161 e. The van der Waals surface area contributed by atoms with E-state index in [9.17, 15) is 0 Å². The molecule has 0 aliphatic heterocycles. The zero-order valence-corrected chi connectivity index (χ0v) is 29.9. The predicted molar refractivity (Wildman–Crippen MR) is 228 cm³/mol. The normalized spacial score (nSPS) is 12.2. The molecule has 0 spiro atoms. The molecule has 0 fully saturated rings. The van der Waals surface area contributed by atoms with E-state index in [-0.39, 0.29) is 0 Å². The molecule has 0 amide bonds. The first-order chi connectivity index (χ1) is 26.3. The summed E-state index contributed by atoms with van der Waals surface area (Å²) in [4.78, 5) is 10.9. The van der Waals surface area contributed by atoms with Gasteiger partial charge >= 0.3 is 0 Å². The van der Waals surface area contributed by atoms with E-state index >= 15 is 0 Å². The molecule has 0 atom stereocenters. The summed E-state index contributed by atoms with van der Waals surface area (Å²) < 4.78 is 7.42.